The second kappa shape index (κ2) is 4.76. The molecule has 0 saturated heterocycles. The Balaban J connectivity index is 2.35. The lowest BCUT2D eigenvalue weighted by atomic mass is 10.2. The highest BCUT2D eigenvalue weighted by atomic mass is 79.9. The number of H-pyrrole nitrogens is 1. The molecule has 0 saturated carbocycles. The van der Waals surface area contributed by atoms with Gasteiger partial charge in [0.1, 0.15) is 11.6 Å². The van der Waals surface area contributed by atoms with Crippen molar-refractivity contribution in [3.8, 4) is 11.4 Å². The lowest BCUT2D eigenvalue weighted by molar-refractivity contribution is 0.627. The Hall–Kier alpha value is -1.20. The van der Waals surface area contributed by atoms with Gasteiger partial charge in [0.15, 0.2) is 0 Å². The molecule has 3 nitrogen and oxygen atoms in total. The second-order valence-corrected chi connectivity index (χ2v) is 4.27. The number of aromatic amines is 1. The first-order chi connectivity index (χ1) is 7.70. The first-order valence-electron chi connectivity index (χ1n) is 4.84. The van der Waals surface area contributed by atoms with Crippen molar-refractivity contribution in [3.05, 3.63) is 40.4 Å². The molecule has 0 radical (unpaired) electrons. The molecular weight excluding hydrogens is 273 g/mol. The summed E-state index contributed by atoms with van der Waals surface area (Å²) in [6, 6.07) is 4.54. The molecule has 0 spiro atoms. The van der Waals surface area contributed by atoms with Crippen LogP contribution in [0, 0.1) is 5.82 Å². The zero-order valence-electron chi connectivity index (χ0n) is 8.72. The first kappa shape index (κ1) is 11.3. The molecule has 16 heavy (non-hydrogen) atoms. The van der Waals surface area contributed by atoms with E-state index in [9.17, 15) is 4.39 Å². The highest BCUT2D eigenvalue weighted by molar-refractivity contribution is 9.10. The van der Waals surface area contributed by atoms with E-state index in [-0.39, 0.29) is 5.82 Å². The van der Waals surface area contributed by atoms with E-state index in [1.165, 1.54) is 12.1 Å². The minimum Gasteiger partial charge on any atom is -0.341 e. The van der Waals surface area contributed by atoms with Crippen LogP contribution in [0.5, 0.6) is 0 Å². The minimum atomic E-state index is -0.266. The van der Waals surface area contributed by atoms with Crippen LogP contribution in [0.3, 0.4) is 0 Å². The topological polar surface area (TPSA) is 40.7 Å². The van der Waals surface area contributed by atoms with Gasteiger partial charge >= 0.3 is 0 Å². The molecule has 0 amide bonds. The van der Waals surface area contributed by atoms with Crippen molar-refractivity contribution < 1.29 is 4.39 Å². The summed E-state index contributed by atoms with van der Waals surface area (Å²) in [5.41, 5.74) is 1.84. The second-order valence-electron chi connectivity index (χ2n) is 3.41. The lowest BCUT2D eigenvalue weighted by Crippen LogP contribution is -2.04. The van der Waals surface area contributed by atoms with Crippen molar-refractivity contribution in [1.82, 2.24) is 15.3 Å². The molecule has 1 heterocycles. The monoisotopic (exact) mass is 283 g/mol. The van der Waals surface area contributed by atoms with Gasteiger partial charge in [-0.2, -0.15) is 0 Å². The molecule has 0 aliphatic carbocycles. The fraction of sp³-hybridized carbons (Fsp3) is 0.182. The maximum Gasteiger partial charge on any atom is 0.138 e. The normalized spacial score (nSPS) is 10.7. The zero-order chi connectivity index (χ0) is 11.5. The Morgan fingerprint density at radius 3 is 3.00 bits per heavy atom. The maximum absolute atomic E-state index is 12.9. The largest absolute Gasteiger partial charge is 0.341 e. The average molecular weight is 284 g/mol. The van der Waals surface area contributed by atoms with E-state index in [2.05, 4.69) is 31.2 Å². The third-order valence-electron chi connectivity index (χ3n) is 2.18. The summed E-state index contributed by atoms with van der Waals surface area (Å²) in [5, 5.41) is 3.03. The predicted octanol–water partition coefficient (Wildman–Crippen LogP) is 2.70. The van der Waals surface area contributed by atoms with Crippen molar-refractivity contribution in [3.63, 3.8) is 0 Å². The van der Waals surface area contributed by atoms with Crippen LogP contribution in [-0.2, 0) is 6.54 Å². The molecule has 2 aromatic rings. The van der Waals surface area contributed by atoms with Crippen LogP contribution in [0.1, 0.15) is 5.69 Å². The van der Waals surface area contributed by atoms with Crippen LogP contribution in [0.15, 0.2) is 28.9 Å². The number of imidazole rings is 1. The molecule has 0 bridgehead atoms. The van der Waals surface area contributed by atoms with E-state index in [0.29, 0.717) is 4.47 Å². The van der Waals surface area contributed by atoms with Gasteiger partial charge in [-0.15, -0.1) is 0 Å². The van der Waals surface area contributed by atoms with Gasteiger partial charge in [-0.05, 0) is 41.2 Å². The molecule has 0 aliphatic rings. The Bertz CT molecular complexity index is 496. The van der Waals surface area contributed by atoms with E-state index in [0.717, 1.165) is 23.6 Å². The summed E-state index contributed by atoms with van der Waals surface area (Å²) in [4.78, 5) is 7.41. The van der Waals surface area contributed by atoms with Gasteiger partial charge in [-0.1, -0.05) is 0 Å². The molecular formula is C11H11BrFN3. The van der Waals surface area contributed by atoms with Crippen LogP contribution in [0.25, 0.3) is 11.4 Å². The number of aromatic nitrogens is 2. The Morgan fingerprint density at radius 1 is 1.50 bits per heavy atom. The van der Waals surface area contributed by atoms with Crippen molar-refractivity contribution in [2.45, 2.75) is 6.54 Å². The first-order valence-corrected chi connectivity index (χ1v) is 5.64. The van der Waals surface area contributed by atoms with Crippen LogP contribution in [-0.4, -0.2) is 17.0 Å². The van der Waals surface area contributed by atoms with Crippen molar-refractivity contribution in [1.29, 1.82) is 0 Å². The third-order valence-corrected chi connectivity index (χ3v) is 2.84. The number of hydrogen-bond acceptors (Lipinski definition) is 2. The van der Waals surface area contributed by atoms with Gasteiger partial charge in [0.2, 0.25) is 0 Å². The molecule has 1 aromatic heterocycles. The Labute approximate surface area is 101 Å². The van der Waals surface area contributed by atoms with Crippen molar-refractivity contribution in [2.75, 3.05) is 7.05 Å². The number of halogens is 2. The van der Waals surface area contributed by atoms with Gasteiger partial charge in [0, 0.05) is 28.5 Å². The Morgan fingerprint density at radius 2 is 2.31 bits per heavy atom. The molecule has 84 valence electrons. The SMILES string of the molecule is CNCc1cnc(-c2ccc(F)cc2Br)[nH]1. The zero-order valence-corrected chi connectivity index (χ0v) is 10.3. The summed E-state index contributed by atoms with van der Waals surface area (Å²) in [6.45, 7) is 0.728. The molecule has 2 N–H and O–H groups in total. The van der Waals surface area contributed by atoms with Gasteiger partial charge in [-0.3, -0.25) is 0 Å². The highest BCUT2D eigenvalue weighted by Gasteiger charge is 2.07. The fourth-order valence-electron chi connectivity index (χ4n) is 1.46. The quantitative estimate of drug-likeness (QED) is 0.909. The summed E-state index contributed by atoms with van der Waals surface area (Å²) < 4.78 is 13.6. The summed E-state index contributed by atoms with van der Waals surface area (Å²) >= 11 is 3.32. The van der Waals surface area contributed by atoms with Crippen molar-refractivity contribution >= 4 is 15.9 Å². The van der Waals surface area contributed by atoms with Crippen LogP contribution in [0.4, 0.5) is 4.39 Å². The van der Waals surface area contributed by atoms with E-state index in [1.54, 1.807) is 12.3 Å². The van der Waals surface area contributed by atoms with E-state index in [1.807, 2.05) is 7.05 Å². The summed E-state index contributed by atoms with van der Waals surface area (Å²) in [6.07, 6.45) is 1.77. The third kappa shape index (κ3) is 2.31. The molecule has 2 rings (SSSR count). The number of nitrogens with one attached hydrogen (secondary N) is 2. The van der Waals surface area contributed by atoms with Crippen LogP contribution in [0.2, 0.25) is 0 Å². The van der Waals surface area contributed by atoms with E-state index >= 15 is 0 Å². The van der Waals surface area contributed by atoms with Crippen LogP contribution < -0.4 is 5.32 Å². The molecule has 0 fully saturated rings. The summed E-state index contributed by atoms with van der Waals surface area (Å²) in [5.74, 6) is 0.467. The van der Waals surface area contributed by atoms with Crippen LogP contribution >= 0.6 is 15.9 Å². The predicted molar refractivity (Wildman–Crippen MR) is 64.4 cm³/mol. The molecule has 0 atom stereocenters. The highest BCUT2D eigenvalue weighted by Crippen LogP contribution is 2.26. The smallest absolute Gasteiger partial charge is 0.138 e. The number of rotatable bonds is 3. The molecule has 0 aliphatic heterocycles. The standard InChI is InChI=1S/C11H11BrFN3/c1-14-5-8-6-15-11(16-8)9-3-2-7(13)4-10(9)12/h2-4,6,14H,5H2,1H3,(H,15,16). The number of benzene rings is 1. The number of nitrogens with zero attached hydrogens (tertiary/aromatic N) is 1. The fourth-order valence-corrected chi connectivity index (χ4v) is 2.00. The average Bonchev–Trinajstić information content (AvgIpc) is 2.67. The molecule has 0 unspecified atom stereocenters. The van der Waals surface area contributed by atoms with E-state index < -0.39 is 0 Å². The number of hydrogen-bond donors (Lipinski definition) is 2. The molecule has 5 heteroatoms. The van der Waals surface area contributed by atoms with Gasteiger partial charge < -0.3 is 10.3 Å². The van der Waals surface area contributed by atoms with E-state index in [4.69, 9.17) is 0 Å². The Kier molecular flexibility index (Phi) is 3.36. The van der Waals surface area contributed by atoms with Gasteiger partial charge in [0.25, 0.3) is 0 Å². The molecule has 1 aromatic carbocycles. The van der Waals surface area contributed by atoms with Crippen molar-refractivity contribution in [2.24, 2.45) is 0 Å². The summed E-state index contributed by atoms with van der Waals surface area (Å²) in [7, 11) is 1.87. The maximum atomic E-state index is 12.9. The van der Waals surface area contributed by atoms with Gasteiger partial charge in [0.05, 0.1) is 0 Å². The minimum absolute atomic E-state index is 0.266. The lowest BCUT2D eigenvalue weighted by Gasteiger charge is -2.00. The van der Waals surface area contributed by atoms with Gasteiger partial charge in [-0.25, -0.2) is 9.37 Å².